The van der Waals surface area contributed by atoms with E-state index in [9.17, 15) is 5.11 Å². The van der Waals surface area contributed by atoms with Crippen LogP contribution in [-0.4, -0.2) is 20.3 Å². The summed E-state index contributed by atoms with van der Waals surface area (Å²) in [6, 6.07) is 9.32. The van der Waals surface area contributed by atoms with Gasteiger partial charge in [0.1, 0.15) is 12.4 Å². The van der Waals surface area contributed by atoms with E-state index in [1.807, 2.05) is 30.3 Å². The van der Waals surface area contributed by atoms with Crippen molar-refractivity contribution in [3.63, 3.8) is 0 Å². The summed E-state index contributed by atoms with van der Waals surface area (Å²) in [4.78, 5) is 2.76. The van der Waals surface area contributed by atoms with Gasteiger partial charge in [-0.1, -0.05) is 30.3 Å². The lowest BCUT2D eigenvalue weighted by atomic mass is 10.1. The SMILES string of the molecule is OC(c1ccccc1)c1nnc[nH]1. The Morgan fingerprint density at radius 2 is 2.00 bits per heavy atom. The molecule has 4 nitrogen and oxygen atoms in total. The van der Waals surface area contributed by atoms with E-state index in [0.29, 0.717) is 5.82 Å². The average molecular weight is 175 g/mol. The first-order valence-corrected chi connectivity index (χ1v) is 3.97. The smallest absolute Gasteiger partial charge is 0.163 e. The lowest BCUT2D eigenvalue weighted by molar-refractivity contribution is 0.210. The zero-order valence-electron chi connectivity index (χ0n) is 6.88. The van der Waals surface area contributed by atoms with Crippen LogP contribution in [0.4, 0.5) is 0 Å². The van der Waals surface area contributed by atoms with Crippen molar-refractivity contribution in [1.29, 1.82) is 0 Å². The fraction of sp³-hybridized carbons (Fsp3) is 0.111. The predicted octanol–water partition coefficient (Wildman–Crippen LogP) is 0.886. The van der Waals surface area contributed by atoms with E-state index < -0.39 is 6.10 Å². The molecule has 1 aromatic heterocycles. The van der Waals surface area contributed by atoms with Crippen molar-refractivity contribution < 1.29 is 5.11 Å². The van der Waals surface area contributed by atoms with Gasteiger partial charge >= 0.3 is 0 Å². The van der Waals surface area contributed by atoms with Crippen LogP contribution >= 0.6 is 0 Å². The Hall–Kier alpha value is -1.68. The minimum Gasteiger partial charge on any atom is -0.380 e. The largest absolute Gasteiger partial charge is 0.380 e. The third kappa shape index (κ3) is 1.57. The second-order valence-electron chi connectivity index (χ2n) is 2.69. The van der Waals surface area contributed by atoms with Crippen LogP contribution in [0.25, 0.3) is 0 Å². The Kier molecular flexibility index (Phi) is 2.06. The molecule has 0 spiro atoms. The lowest BCUT2D eigenvalue weighted by Crippen LogP contribution is -2.01. The number of hydrogen-bond donors (Lipinski definition) is 2. The van der Waals surface area contributed by atoms with Gasteiger partial charge in [-0.05, 0) is 5.56 Å². The van der Waals surface area contributed by atoms with Gasteiger partial charge in [0.15, 0.2) is 5.82 Å². The van der Waals surface area contributed by atoms with Crippen LogP contribution in [-0.2, 0) is 0 Å². The average Bonchev–Trinajstić information content (AvgIpc) is 2.71. The maximum atomic E-state index is 9.75. The van der Waals surface area contributed by atoms with Crippen molar-refractivity contribution in [2.24, 2.45) is 0 Å². The minimum atomic E-state index is -0.719. The van der Waals surface area contributed by atoms with Gasteiger partial charge < -0.3 is 10.1 Å². The van der Waals surface area contributed by atoms with Crippen molar-refractivity contribution in [3.8, 4) is 0 Å². The van der Waals surface area contributed by atoms with E-state index in [0.717, 1.165) is 5.56 Å². The molecular formula is C9H9N3O. The number of benzene rings is 1. The van der Waals surface area contributed by atoms with Crippen LogP contribution in [0, 0.1) is 0 Å². The number of aromatic amines is 1. The van der Waals surface area contributed by atoms with Crippen molar-refractivity contribution in [3.05, 3.63) is 48.0 Å². The summed E-state index contributed by atoms with van der Waals surface area (Å²) in [6.07, 6.45) is 0.727. The molecule has 0 amide bonds. The Bertz CT molecular complexity index is 358. The van der Waals surface area contributed by atoms with Gasteiger partial charge in [0.2, 0.25) is 0 Å². The van der Waals surface area contributed by atoms with Crippen LogP contribution in [0.3, 0.4) is 0 Å². The molecule has 0 saturated heterocycles. The number of H-pyrrole nitrogens is 1. The normalized spacial score (nSPS) is 12.7. The van der Waals surface area contributed by atoms with E-state index in [2.05, 4.69) is 15.2 Å². The van der Waals surface area contributed by atoms with Gasteiger partial charge in [-0.25, -0.2) is 0 Å². The van der Waals surface area contributed by atoms with E-state index in [1.54, 1.807) is 0 Å². The molecule has 0 aliphatic heterocycles. The molecule has 0 radical (unpaired) electrons. The first-order chi connectivity index (χ1) is 6.38. The highest BCUT2D eigenvalue weighted by Crippen LogP contribution is 2.16. The standard InChI is InChI=1S/C9H9N3O/c13-8(9-10-6-11-12-9)7-4-2-1-3-5-7/h1-6,8,13H,(H,10,11,12). The molecule has 13 heavy (non-hydrogen) atoms. The van der Waals surface area contributed by atoms with Crippen LogP contribution < -0.4 is 0 Å². The first-order valence-electron chi connectivity index (χ1n) is 3.97. The van der Waals surface area contributed by atoms with E-state index in [1.165, 1.54) is 6.33 Å². The number of rotatable bonds is 2. The second-order valence-corrected chi connectivity index (χ2v) is 2.69. The highest BCUT2D eigenvalue weighted by atomic mass is 16.3. The molecule has 66 valence electrons. The van der Waals surface area contributed by atoms with Crippen LogP contribution in [0.1, 0.15) is 17.5 Å². The van der Waals surface area contributed by atoms with Gasteiger partial charge in [-0.2, -0.15) is 0 Å². The zero-order chi connectivity index (χ0) is 9.10. The summed E-state index contributed by atoms with van der Waals surface area (Å²) in [5.74, 6) is 0.464. The number of nitrogens with one attached hydrogen (secondary N) is 1. The molecular weight excluding hydrogens is 166 g/mol. The highest BCUT2D eigenvalue weighted by molar-refractivity contribution is 5.21. The molecule has 4 heteroatoms. The summed E-state index contributed by atoms with van der Waals surface area (Å²) in [5, 5.41) is 17.1. The number of aliphatic hydroxyl groups is 1. The van der Waals surface area contributed by atoms with Crippen molar-refractivity contribution in [2.45, 2.75) is 6.10 Å². The van der Waals surface area contributed by atoms with Gasteiger partial charge in [0.25, 0.3) is 0 Å². The van der Waals surface area contributed by atoms with Crippen molar-refractivity contribution in [2.75, 3.05) is 0 Å². The quantitative estimate of drug-likeness (QED) is 0.712. The van der Waals surface area contributed by atoms with Crippen LogP contribution in [0.15, 0.2) is 36.7 Å². The fourth-order valence-electron chi connectivity index (χ4n) is 1.14. The lowest BCUT2D eigenvalue weighted by Gasteiger charge is -2.05. The minimum absolute atomic E-state index is 0.464. The summed E-state index contributed by atoms with van der Waals surface area (Å²) >= 11 is 0. The van der Waals surface area contributed by atoms with Crippen molar-refractivity contribution in [1.82, 2.24) is 15.2 Å². The van der Waals surface area contributed by atoms with Crippen LogP contribution in [0.5, 0.6) is 0 Å². The topological polar surface area (TPSA) is 61.8 Å². The third-order valence-corrected chi connectivity index (χ3v) is 1.81. The van der Waals surface area contributed by atoms with E-state index >= 15 is 0 Å². The molecule has 1 atom stereocenters. The molecule has 2 rings (SSSR count). The molecule has 2 aromatic rings. The van der Waals surface area contributed by atoms with Gasteiger partial charge in [0, 0.05) is 0 Å². The summed E-state index contributed by atoms with van der Waals surface area (Å²) < 4.78 is 0. The molecule has 1 heterocycles. The van der Waals surface area contributed by atoms with Gasteiger partial charge in [0.05, 0.1) is 0 Å². The highest BCUT2D eigenvalue weighted by Gasteiger charge is 2.11. The second kappa shape index (κ2) is 3.37. The monoisotopic (exact) mass is 175 g/mol. The Labute approximate surface area is 75.3 Å². The summed E-state index contributed by atoms with van der Waals surface area (Å²) in [7, 11) is 0. The Morgan fingerprint density at radius 1 is 1.23 bits per heavy atom. The molecule has 0 bridgehead atoms. The summed E-state index contributed by atoms with van der Waals surface area (Å²) in [5.41, 5.74) is 0.805. The van der Waals surface area contributed by atoms with E-state index in [4.69, 9.17) is 0 Å². The number of nitrogens with zero attached hydrogens (tertiary/aromatic N) is 2. The number of hydrogen-bond acceptors (Lipinski definition) is 3. The molecule has 0 aliphatic rings. The Balaban J connectivity index is 2.29. The molecule has 2 N–H and O–H groups in total. The van der Waals surface area contributed by atoms with Crippen LogP contribution in [0.2, 0.25) is 0 Å². The first kappa shape index (κ1) is 7.94. The van der Waals surface area contributed by atoms with Gasteiger partial charge in [-0.15, -0.1) is 10.2 Å². The molecule has 0 saturated carbocycles. The number of aliphatic hydroxyl groups excluding tert-OH is 1. The maximum absolute atomic E-state index is 9.75. The number of aromatic nitrogens is 3. The summed E-state index contributed by atoms with van der Waals surface area (Å²) in [6.45, 7) is 0. The zero-order valence-corrected chi connectivity index (χ0v) is 6.88. The third-order valence-electron chi connectivity index (χ3n) is 1.81. The van der Waals surface area contributed by atoms with E-state index in [-0.39, 0.29) is 0 Å². The Morgan fingerprint density at radius 3 is 2.62 bits per heavy atom. The fourth-order valence-corrected chi connectivity index (χ4v) is 1.14. The molecule has 0 aliphatic carbocycles. The molecule has 0 fully saturated rings. The molecule has 1 aromatic carbocycles. The van der Waals surface area contributed by atoms with Crippen molar-refractivity contribution >= 4 is 0 Å². The van der Waals surface area contributed by atoms with Gasteiger partial charge in [-0.3, -0.25) is 0 Å². The predicted molar refractivity (Wildman–Crippen MR) is 46.9 cm³/mol. The maximum Gasteiger partial charge on any atom is 0.163 e. The molecule has 1 unspecified atom stereocenters.